The van der Waals surface area contributed by atoms with Crippen molar-refractivity contribution in [2.45, 2.75) is 12.0 Å². The highest BCUT2D eigenvalue weighted by Crippen LogP contribution is 2.43. The highest BCUT2D eigenvalue weighted by atomic mass is 35.5. The minimum atomic E-state index is -1.12. The molecule has 0 bridgehead atoms. The fourth-order valence-electron chi connectivity index (χ4n) is 2.39. The van der Waals surface area contributed by atoms with E-state index in [0.29, 0.717) is 35.1 Å². The molecule has 2 heterocycles. The van der Waals surface area contributed by atoms with Crippen molar-refractivity contribution in [1.82, 2.24) is 10.6 Å². The number of fused-ring (bicyclic) bond motifs is 2. The quantitative estimate of drug-likeness (QED) is 0.495. The van der Waals surface area contributed by atoms with Gasteiger partial charge in [-0.25, -0.2) is 4.79 Å². The molecule has 1 atom stereocenters. The summed E-state index contributed by atoms with van der Waals surface area (Å²) in [6, 6.07) is 2.62. The van der Waals surface area contributed by atoms with E-state index in [0.717, 1.165) is 0 Å². The van der Waals surface area contributed by atoms with E-state index in [9.17, 15) is 9.59 Å². The van der Waals surface area contributed by atoms with Crippen LogP contribution in [0.2, 0.25) is 5.02 Å². The number of nitrogen functional groups attached to an aromatic ring is 1. The number of carbonyl (C=O) groups is 2. The molecule has 0 radical (unpaired) electrons. The number of ether oxygens (including phenoxy) is 1. The zero-order valence-electron chi connectivity index (χ0n) is 9.66. The molecule has 1 unspecified atom stereocenters. The molecule has 1 fully saturated rings. The molecule has 0 aliphatic carbocycles. The summed E-state index contributed by atoms with van der Waals surface area (Å²) in [5.41, 5.74) is 5.55. The van der Waals surface area contributed by atoms with Crippen molar-refractivity contribution in [1.29, 1.82) is 0 Å². The van der Waals surface area contributed by atoms with Crippen LogP contribution in [-0.2, 0) is 10.3 Å². The summed E-state index contributed by atoms with van der Waals surface area (Å²) >= 11 is 5.95. The number of hydrogen-bond acceptors (Lipinski definition) is 4. The number of amides is 3. The number of carbonyl (C=O) groups excluding carboxylic acids is 2. The van der Waals surface area contributed by atoms with E-state index in [1.165, 1.54) is 0 Å². The predicted octanol–water partition coefficient (Wildman–Crippen LogP) is 1.16. The van der Waals surface area contributed by atoms with E-state index in [4.69, 9.17) is 22.1 Å². The molecule has 4 N–H and O–H groups in total. The SMILES string of the molecule is Cl.Nc1cc(Cl)cc2c1OCCC21NC(=O)NC1=O. The molecule has 6 nitrogen and oxygen atoms in total. The molecule has 102 valence electrons. The van der Waals surface area contributed by atoms with Crippen LogP contribution in [0.15, 0.2) is 12.1 Å². The van der Waals surface area contributed by atoms with Gasteiger partial charge in [-0.1, -0.05) is 11.6 Å². The van der Waals surface area contributed by atoms with Gasteiger partial charge in [-0.15, -0.1) is 12.4 Å². The van der Waals surface area contributed by atoms with E-state index in [1.807, 2.05) is 0 Å². The minimum Gasteiger partial charge on any atom is -0.491 e. The number of hydrogen-bond donors (Lipinski definition) is 3. The minimum absolute atomic E-state index is 0. The van der Waals surface area contributed by atoms with Crippen LogP contribution in [0.1, 0.15) is 12.0 Å². The van der Waals surface area contributed by atoms with Crippen molar-refractivity contribution in [2.75, 3.05) is 12.3 Å². The number of rotatable bonds is 0. The van der Waals surface area contributed by atoms with Crippen molar-refractivity contribution in [3.63, 3.8) is 0 Å². The van der Waals surface area contributed by atoms with E-state index >= 15 is 0 Å². The Morgan fingerprint density at radius 3 is 2.74 bits per heavy atom. The lowest BCUT2D eigenvalue weighted by Crippen LogP contribution is -2.47. The third-order valence-electron chi connectivity index (χ3n) is 3.21. The number of imide groups is 1. The van der Waals surface area contributed by atoms with Gasteiger partial charge in [0.1, 0.15) is 5.75 Å². The van der Waals surface area contributed by atoms with Gasteiger partial charge < -0.3 is 15.8 Å². The van der Waals surface area contributed by atoms with Gasteiger partial charge in [0.15, 0.2) is 5.54 Å². The maximum atomic E-state index is 12.0. The number of anilines is 1. The predicted molar refractivity (Wildman–Crippen MR) is 71.6 cm³/mol. The summed E-state index contributed by atoms with van der Waals surface area (Å²) in [5.74, 6) is 0.00159. The summed E-state index contributed by atoms with van der Waals surface area (Å²) in [6.07, 6.45) is 0.345. The van der Waals surface area contributed by atoms with Crippen LogP contribution in [0.4, 0.5) is 10.5 Å². The molecular weight excluding hydrogens is 293 g/mol. The van der Waals surface area contributed by atoms with E-state index < -0.39 is 17.5 Å². The van der Waals surface area contributed by atoms with Gasteiger partial charge in [0.05, 0.1) is 12.3 Å². The zero-order valence-corrected chi connectivity index (χ0v) is 11.2. The Hall–Kier alpha value is -1.66. The van der Waals surface area contributed by atoms with Gasteiger partial charge in [0.2, 0.25) is 0 Å². The summed E-state index contributed by atoms with van der Waals surface area (Å²) in [7, 11) is 0. The van der Waals surface area contributed by atoms with Gasteiger partial charge in [-0.05, 0) is 12.1 Å². The molecule has 0 aromatic heterocycles. The van der Waals surface area contributed by atoms with Gasteiger partial charge in [0, 0.05) is 17.0 Å². The van der Waals surface area contributed by atoms with E-state index in [2.05, 4.69) is 10.6 Å². The second-order valence-electron chi connectivity index (χ2n) is 4.28. The topological polar surface area (TPSA) is 93.4 Å². The van der Waals surface area contributed by atoms with Gasteiger partial charge in [0.25, 0.3) is 5.91 Å². The van der Waals surface area contributed by atoms with Crippen molar-refractivity contribution in [3.8, 4) is 5.75 Å². The number of urea groups is 1. The molecule has 1 spiro atoms. The molecule has 8 heteroatoms. The molecule has 1 saturated heterocycles. The highest BCUT2D eigenvalue weighted by molar-refractivity contribution is 6.31. The number of nitrogens with one attached hydrogen (secondary N) is 2. The third kappa shape index (κ3) is 1.87. The lowest BCUT2D eigenvalue weighted by Gasteiger charge is -2.33. The van der Waals surface area contributed by atoms with Gasteiger partial charge in [-0.2, -0.15) is 0 Å². The van der Waals surface area contributed by atoms with E-state index in [-0.39, 0.29) is 12.4 Å². The fraction of sp³-hybridized carbons (Fsp3) is 0.273. The fourth-order valence-corrected chi connectivity index (χ4v) is 2.62. The zero-order chi connectivity index (χ0) is 12.9. The average molecular weight is 304 g/mol. The standard InChI is InChI=1S/C11H10ClN3O3.ClH/c12-5-3-6-8(7(13)4-5)18-2-1-11(6)9(16)14-10(17)15-11;/h3-4H,1-2,13H2,(H2,14,15,16,17);1H. The number of nitrogens with two attached hydrogens (primary N) is 1. The Morgan fingerprint density at radius 2 is 2.11 bits per heavy atom. The van der Waals surface area contributed by atoms with Gasteiger partial charge in [-0.3, -0.25) is 10.1 Å². The normalized spacial score (nSPS) is 24.1. The van der Waals surface area contributed by atoms with Crippen molar-refractivity contribution in [2.24, 2.45) is 0 Å². The Bertz CT molecular complexity index is 579. The first kappa shape index (κ1) is 13.8. The molecule has 2 aliphatic heterocycles. The first-order valence-electron chi connectivity index (χ1n) is 5.39. The maximum Gasteiger partial charge on any atom is 0.322 e. The summed E-state index contributed by atoms with van der Waals surface area (Å²) < 4.78 is 5.46. The number of halogens is 2. The maximum absolute atomic E-state index is 12.0. The Morgan fingerprint density at radius 1 is 1.37 bits per heavy atom. The van der Waals surface area contributed by atoms with Crippen molar-refractivity contribution in [3.05, 3.63) is 22.7 Å². The molecule has 2 aliphatic rings. The molecule has 3 rings (SSSR count). The lowest BCUT2D eigenvalue weighted by molar-refractivity contribution is -0.125. The summed E-state index contributed by atoms with van der Waals surface area (Å²) in [4.78, 5) is 23.4. The van der Waals surface area contributed by atoms with Crippen LogP contribution in [0, 0.1) is 0 Å². The highest BCUT2D eigenvalue weighted by Gasteiger charge is 2.51. The first-order valence-corrected chi connectivity index (χ1v) is 5.76. The van der Waals surface area contributed by atoms with Crippen LogP contribution in [0.5, 0.6) is 5.75 Å². The number of benzene rings is 1. The second-order valence-corrected chi connectivity index (χ2v) is 4.72. The monoisotopic (exact) mass is 303 g/mol. The first-order chi connectivity index (χ1) is 8.53. The van der Waals surface area contributed by atoms with Crippen LogP contribution < -0.4 is 21.1 Å². The van der Waals surface area contributed by atoms with Crippen LogP contribution in [0.3, 0.4) is 0 Å². The van der Waals surface area contributed by atoms with Crippen LogP contribution >= 0.6 is 24.0 Å². The summed E-state index contributed by atoms with van der Waals surface area (Å²) in [6.45, 7) is 0.298. The van der Waals surface area contributed by atoms with Crippen LogP contribution in [-0.4, -0.2) is 18.5 Å². The second kappa shape index (κ2) is 4.47. The molecule has 3 amide bonds. The lowest BCUT2D eigenvalue weighted by atomic mass is 9.84. The smallest absolute Gasteiger partial charge is 0.322 e. The largest absolute Gasteiger partial charge is 0.491 e. The van der Waals surface area contributed by atoms with Crippen molar-refractivity contribution >= 4 is 41.6 Å². The molecule has 19 heavy (non-hydrogen) atoms. The molecule has 1 aromatic rings. The molecule has 1 aromatic carbocycles. The molecule has 0 saturated carbocycles. The Labute approximate surface area is 120 Å². The molecular formula is C11H11Cl2N3O3. The Balaban J connectivity index is 0.00000133. The van der Waals surface area contributed by atoms with Crippen molar-refractivity contribution < 1.29 is 14.3 Å². The summed E-state index contributed by atoms with van der Waals surface area (Å²) in [5, 5.41) is 5.26. The Kier molecular flexibility index (Phi) is 3.24. The van der Waals surface area contributed by atoms with E-state index in [1.54, 1.807) is 12.1 Å². The third-order valence-corrected chi connectivity index (χ3v) is 3.43. The van der Waals surface area contributed by atoms with Crippen LogP contribution in [0.25, 0.3) is 0 Å². The van der Waals surface area contributed by atoms with Gasteiger partial charge >= 0.3 is 6.03 Å². The average Bonchev–Trinajstić information content (AvgIpc) is 2.56.